The number of benzene rings is 2. The minimum atomic E-state index is -0.207. The molecule has 2 unspecified atom stereocenters. The quantitative estimate of drug-likeness (QED) is 0.703. The van der Waals surface area contributed by atoms with Crippen LogP contribution < -0.4 is 9.80 Å². The van der Waals surface area contributed by atoms with E-state index in [0.717, 1.165) is 11.4 Å². The lowest BCUT2D eigenvalue weighted by Gasteiger charge is -2.28. The van der Waals surface area contributed by atoms with Crippen LogP contribution in [0, 0.1) is 0 Å². The normalized spacial score (nSPS) is 20.3. The summed E-state index contributed by atoms with van der Waals surface area (Å²) in [6.07, 6.45) is -0.413. The van der Waals surface area contributed by atoms with Gasteiger partial charge in [-0.05, 0) is 62.4 Å². The van der Waals surface area contributed by atoms with Crippen molar-refractivity contribution in [2.75, 3.05) is 29.7 Å². The van der Waals surface area contributed by atoms with Crippen molar-refractivity contribution in [2.24, 2.45) is 0 Å². The van der Waals surface area contributed by atoms with Crippen LogP contribution in [0.5, 0.6) is 0 Å². The average molecular weight is 381 g/mol. The molecule has 0 amide bonds. The smallest absolute Gasteiger partial charge is 0.176 e. The van der Waals surface area contributed by atoms with E-state index in [2.05, 4.69) is 9.80 Å². The minimum Gasteiger partial charge on any atom is -0.354 e. The van der Waals surface area contributed by atoms with E-state index in [1.807, 2.05) is 62.4 Å². The third-order valence-electron chi connectivity index (χ3n) is 4.15. The fourth-order valence-electron chi connectivity index (χ4n) is 3.04. The van der Waals surface area contributed by atoms with E-state index in [0.29, 0.717) is 29.9 Å². The zero-order valence-corrected chi connectivity index (χ0v) is 15.9. The molecule has 0 N–H and O–H groups in total. The van der Waals surface area contributed by atoms with Gasteiger partial charge < -0.3 is 19.3 Å². The Bertz CT molecular complexity index is 619. The first-order chi connectivity index (χ1) is 12.1. The van der Waals surface area contributed by atoms with Crippen molar-refractivity contribution >= 4 is 34.6 Å². The fraction of sp³-hybridized carbons (Fsp3) is 0.368. The molecule has 1 saturated heterocycles. The summed E-state index contributed by atoms with van der Waals surface area (Å²) in [4.78, 5) is 4.38. The molecule has 1 heterocycles. The van der Waals surface area contributed by atoms with Gasteiger partial charge in [0.2, 0.25) is 0 Å². The number of hydrogen-bond acceptors (Lipinski definition) is 4. The van der Waals surface area contributed by atoms with Gasteiger partial charge in [0.25, 0.3) is 0 Å². The SMILES string of the molecule is CCOC1C(OCC)N(c2ccc(Cl)cc2)CN1c1ccc(Cl)cc1. The summed E-state index contributed by atoms with van der Waals surface area (Å²) in [5.41, 5.74) is 2.09. The molecule has 1 fully saturated rings. The van der Waals surface area contributed by atoms with Crippen LogP contribution in [0.4, 0.5) is 11.4 Å². The summed E-state index contributed by atoms with van der Waals surface area (Å²) in [5, 5.41) is 1.43. The van der Waals surface area contributed by atoms with E-state index >= 15 is 0 Å². The van der Waals surface area contributed by atoms with Crippen molar-refractivity contribution in [1.82, 2.24) is 0 Å². The number of rotatable bonds is 6. The van der Waals surface area contributed by atoms with Crippen LogP contribution >= 0.6 is 23.2 Å². The summed E-state index contributed by atoms with van der Waals surface area (Å²) < 4.78 is 12.1. The van der Waals surface area contributed by atoms with Crippen LogP contribution in [0.1, 0.15) is 13.8 Å². The van der Waals surface area contributed by atoms with E-state index in [-0.39, 0.29) is 12.5 Å². The molecule has 2 aromatic carbocycles. The second-order valence-corrected chi connectivity index (χ2v) is 6.60. The van der Waals surface area contributed by atoms with E-state index in [4.69, 9.17) is 32.7 Å². The Balaban J connectivity index is 1.95. The van der Waals surface area contributed by atoms with Crippen molar-refractivity contribution in [2.45, 2.75) is 26.3 Å². The Labute approximate surface area is 158 Å². The molecular formula is C19H22Cl2N2O2. The third kappa shape index (κ3) is 4.04. The maximum atomic E-state index is 6.04. The minimum absolute atomic E-state index is 0.207. The topological polar surface area (TPSA) is 24.9 Å². The Morgan fingerprint density at radius 2 is 1.12 bits per heavy atom. The van der Waals surface area contributed by atoms with Crippen LogP contribution in [0.15, 0.2) is 48.5 Å². The van der Waals surface area contributed by atoms with Gasteiger partial charge in [-0.1, -0.05) is 23.2 Å². The second-order valence-electron chi connectivity index (χ2n) is 5.73. The van der Waals surface area contributed by atoms with E-state index in [1.54, 1.807) is 0 Å². The molecule has 1 aliphatic heterocycles. The van der Waals surface area contributed by atoms with Gasteiger partial charge in [0.05, 0.1) is 6.67 Å². The van der Waals surface area contributed by atoms with Gasteiger partial charge >= 0.3 is 0 Å². The van der Waals surface area contributed by atoms with Crippen LogP contribution in [0.25, 0.3) is 0 Å². The first-order valence-corrected chi connectivity index (χ1v) is 9.17. The molecule has 0 saturated carbocycles. The highest BCUT2D eigenvalue weighted by Gasteiger charge is 2.41. The largest absolute Gasteiger partial charge is 0.354 e. The van der Waals surface area contributed by atoms with Crippen molar-refractivity contribution in [3.63, 3.8) is 0 Å². The molecular weight excluding hydrogens is 359 g/mol. The Morgan fingerprint density at radius 3 is 1.44 bits per heavy atom. The van der Waals surface area contributed by atoms with Gasteiger partial charge in [-0.2, -0.15) is 0 Å². The zero-order valence-electron chi connectivity index (χ0n) is 14.4. The fourth-order valence-corrected chi connectivity index (χ4v) is 3.29. The Kier molecular flexibility index (Phi) is 6.07. The molecule has 0 spiro atoms. The van der Waals surface area contributed by atoms with Crippen molar-refractivity contribution in [1.29, 1.82) is 0 Å². The third-order valence-corrected chi connectivity index (χ3v) is 4.66. The Morgan fingerprint density at radius 1 is 0.760 bits per heavy atom. The van der Waals surface area contributed by atoms with Crippen molar-refractivity contribution < 1.29 is 9.47 Å². The molecule has 0 radical (unpaired) electrons. The number of nitrogens with zero attached hydrogens (tertiary/aromatic N) is 2. The molecule has 0 aliphatic carbocycles. The highest BCUT2D eigenvalue weighted by Crippen LogP contribution is 2.33. The lowest BCUT2D eigenvalue weighted by atomic mass is 10.3. The summed E-state index contributed by atoms with van der Waals surface area (Å²) in [7, 11) is 0. The maximum absolute atomic E-state index is 6.04. The Hall–Kier alpha value is -1.46. The van der Waals surface area contributed by atoms with Gasteiger partial charge in [-0.15, -0.1) is 0 Å². The lowest BCUT2D eigenvalue weighted by molar-refractivity contribution is -0.0469. The molecule has 2 aromatic rings. The van der Waals surface area contributed by atoms with Crippen LogP contribution in [0.3, 0.4) is 0 Å². The van der Waals surface area contributed by atoms with E-state index in [1.165, 1.54) is 0 Å². The first-order valence-electron chi connectivity index (χ1n) is 8.41. The summed E-state index contributed by atoms with van der Waals surface area (Å²) in [5.74, 6) is 0. The van der Waals surface area contributed by atoms with Gasteiger partial charge in [0, 0.05) is 34.6 Å². The van der Waals surface area contributed by atoms with Gasteiger partial charge in [0.15, 0.2) is 12.5 Å². The summed E-state index contributed by atoms with van der Waals surface area (Å²) in [6, 6.07) is 15.6. The molecule has 25 heavy (non-hydrogen) atoms. The monoisotopic (exact) mass is 380 g/mol. The molecule has 2 atom stereocenters. The molecule has 3 rings (SSSR count). The number of anilines is 2. The van der Waals surface area contributed by atoms with Crippen molar-refractivity contribution in [3.05, 3.63) is 58.6 Å². The number of halogens is 2. The number of ether oxygens (including phenoxy) is 2. The van der Waals surface area contributed by atoms with E-state index < -0.39 is 0 Å². The number of hydrogen-bond donors (Lipinski definition) is 0. The summed E-state index contributed by atoms with van der Waals surface area (Å²) >= 11 is 12.1. The molecule has 0 aromatic heterocycles. The highest BCUT2D eigenvalue weighted by molar-refractivity contribution is 6.30. The lowest BCUT2D eigenvalue weighted by Crippen LogP contribution is -2.41. The predicted octanol–water partition coefficient (Wildman–Crippen LogP) is 5.00. The zero-order chi connectivity index (χ0) is 17.8. The maximum Gasteiger partial charge on any atom is 0.176 e. The van der Waals surface area contributed by atoms with E-state index in [9.17, 15) is 0 Å². The first kappa shape index (κ1) is 18.3. The summed E-state index contributed by atoms with van der Waals surface area (Å²) in [6.45, 7) is 5.85. The van der Waals surface area contributed by atoms with Gasteiger partial charge in [-0.25, -0.2) is 0 Å². The molecule has 4 nitrogen and oxygen atoms in total. The van der Waals surface area contributed by atoms with Crippen LogP contribution in [0.2, 0.25) is 10.0 Å². The molecule has 1 aliphatic rings. The van der Waals surface area contributed by atoms with Crippen LogP contribution in [-0.2, 0) is 9.47 Å². The standard InChI is InChI=1S/C19H22Cl2N2O2/c1-3-24-18-19(25-4-2)23(17-11-7-15(21)8-12-17)13-22(18)16-9-5-14(20)6-10-16/h5-12,18-19H,3-4,13H2,1-2H3. The van der Waals surface area contributed by atoms with Crippen LogP contribution in [-0.4, -0.2) is 32.3 Å². The molecule has 134 valence electrons. The predicted molar refractivity (Wildman–Crippen MR) is 104 cm³/mol. The van der Waals surface area contributed by atoms with Gasteiger partial charge in [-0.3, -0.25) is 0 Å². The highest BCUT2D eigenvalue weighted by atomic mass is 35.5. The second kappa shape index (κ2) is 8.28. The van der Waals surface area contributed by atoms with Crippen molar-refractivity contribution in [3.8, 4) is 0 Å². The van der Waals surface area contributed by atoms with Gasteiger partial charge in [0.1, 0.15) is 0 Å². The average Bonchev–Trinajstić information content (AvgIpc) is 2.96. The molecule has 6 heteroatoms. The molecule has 0 bridgehead atoms.